The van der Waals surface area contributed by atoms with Crippen molar-refractivity contribution in [1.82, 2.24) is 4.90 Å². The van der Waals surface area contributed by atoms with Crippen molar-refractivity contribution in [1.29, 1.82) is 0 Å². The summed E-state index contributed by atoms with van der Waals surface area (Å²) in [7, 11) is 3.43. The summed E-state index contributed by atoms with van der Waals surface area (Å²) in [6, 6.07) is 5.77. The molecule has 0 heterocycles. The van der Waals surface area contributed by atoms with E-state index in [9.17, 15) is 4.79 Å². The second-order valence-corrected chi connectivity index (χ2v) is 6.15. The molecule has 1 aromatic carbocycles. The Hall–Kier alpha value is -1.07. The number of nitrogens with two attached hydrogens (primary N) is 1. The van der Waals surface area contributed by atoms with Crippen molar-refractivity contribution in [3.05, 3.63) is 28.2 Å². The fourth-order valence-corrected chi connectivity index (χ4v) is 2.55. The second kappa shape index (κ2) is 7.64. The highest BCUT2D eigenvalue weighted by Gasteiger charge is 2.24. The first-order chi connectivity index (χ1) is 9.40. The zero-order chi connectivity index (χ0) is 15.3. The lowest BCUT2D eigenvalue weighted by Gasteiger charge is -2.26. The summed E-state index contributed by atoms with van der Waals surface area (Å²) >= 11 is 3.44. The molecule has 1 unspecified atom stereocenters. The SMILES string of the molecule is COc1ccc(Br)cc1CN(C)C(=O)C(CN)C(C)C. The summed E-state index contributed by atoms with van der Waals surface area (Å²) < 4.78 is 6.30. The molecule has 0 aliphatic heterocycles. The van der Waals surface area contributed by atoms with Gasteiger partial charge in [-0.05, 0) is 24.1 Å². The number of rotatable bonds is 6. The van der Waals surface area contributed by atoms with Gasteiger partial charge < -0.3 is 15.4 Å². The van der Waals surface area contributed by atoms with E-state index in [0.29, 0.717) is 13.1 Å². The van der Waals surface area contributed by atoms with Gasteiger partial charge in [-0.1, -0.05) is 29.8 Å². The van der Waals surface area contributed by atoms with Crippen LogP contribution in [0.3, 0.4) is 0 Å². The van der Waals surface area contributed by atoms with Crippen LogP contribution >= 0.6 is 15.9 Å². The molecule has 0 radical (unpaired) electrons. The van der Waals surface area contributed by atoms with Crippen molar-refractivity contribution in [2.24, 2.45) is 17.6 Å². The third-order valence-corrected chi connectivity index (χ3v) is 3.90. The summed E-state index contributed by atoms with van der Waals surface area (Å²) in [4.78, 5) is 14.1. The molecule has 0 aliphatic carbocycles. The predicted octanol–water partition coefficient (Wildman–Crippen LogP) is 2.65. The van der Waals surface area contributed by atoms with Gasteiger partial charge in [0.2, 0.25) is 5.91 Å². The van der Waals surface area contributed by atoms with E-state index in [4.69, 9.17) is 10.5 Å². The van der Waals surface area contributed by atoms with Gasteiger partial charge in [0.1, 0.15) is 5.75 Å². The molecule has 20 heavy (non-hydrogen) atoms. The number of hydrogen-bond acceptors (Lipinski definition) is 3. The lowest BCUT2D eigenvalue weighted by atomic mass is 9.94. The van der Waals surface area contributed by atoms with Gasteiger partial charge in [0.25, 0.3) is 0 Å². The van der Waals surface area contributed by atoms with Gasteiger partial charge in [-0.3, -0.25) is 4.79 Å². The summed E-state index contributed by atoms with van der Waals surface area (Å²) in [5.41, 5.74) is 6.68. The molecule has 1 aromatic rings. The lowest BCUT2D eigenvalue weighted by Crippen LogP contribution is -2.38. The maximum atomic E-state index is 12.4. The Kier molecular flexibility index (Phi) is 6.49. The molecule has 5 heteroatoms. The van der Waals surface area contributed by atoms with Crippen LogP contribution < -0.4 is 10.5 Å². The average Bonchev–Trinajstić information content (AvgIpc) is 2.39. The fourth-order valence-electron chi connectivity index (χ4n) is 2.15. The number of methoxy groups -OCH3 is 1. The van der Waals surface area contributed by atoms with Crippen molar-refractivity contribution in [3.8, 4) is 5.75 Å². The average molecular weight is 343 g/mol. The van der Waals surface area contributed by atoms with Gasteiger partial charge in [-0.2, -0.15) is 0 Å². The lowest BCUT2D eigenvalue weighted by molar-refractivity contribution is -0.135. The third-order valence-electron chi connectivity index (χ3n) is 3.40. The monoisotopic (exact) mass is 342 g/mol. The van der Waals surface area contributed by atoms with Gasteiger partial charge in [0.15, 0.2) is 0 Å². The standard InChI is InChI=1S/C15H23BrN2O2/c1-10(2)13(8-17)15(19)18(3)9-11-7-12(16)5-6-14(11)20-4/h5-7,10,13H,8-9,17H2,1-4H3. The second-order valence-electron chi connectivity index (χ2n) is 5.24. The van der Waals surface area contributed by atoms with Crippen LogP contribution in [0.1, 0.15) is 19.4 Å². The molecule has 4 nitrogen and oxygen atoms in total. The molecular weight excluding hydrogens is 320 g/mol. The third kappa shape index (κ3) is 4.21. The van der Waals surface area contributed by atoms with Crippen molar-refractivity contribution >= 4 is 21.8 Å². The highest BCUT2D eigenvalue weighted by atomic mass is 79.9. The summed E-state index contributed by atoms with van der Waals surface area (Å²) in [5, 5.41) is 0. The first-order valence-electron chi connectivity index (χ1n) is 6.68. The molecule has 1 amide bonds. The number of halogens is 1. The zero-order valence-corrected chi connectivity index (χ0v) is 14.1. The Morgan fingerprint density at radius 2 is 2.10 bits per heavy atom. The van der Waals surface area contributed by atoms with Gasteiger partial charge in [0.05, 0.1) is 13.0 Å². The number of carbonyl (C=O) groups excluding carboxylic acids is 1. The molecule has 2 N–H and O–H groups in total. The van der Waals surface area contributed by atoms with Crippen LogP contribution in [0, 0.1) is 11.8 Å². The van der Waals surface area contributed by atoms with E-state index in [0.717, 1.165) is 15.8 Å². The molecular formula is C15H23BrN2O2. The maximum Gasteiger partial charge on any atom is 0.227 e. The van der Waals surface area contributed by atoms with Crippen LogP contribution in [0.2, 0.25) is 0 Å². The van der Waals surface area contributed by atoms with Crippen molar-refractivity contribution < 1.29 is 9.53 Å². The van der Waals surface area contributed by atoms with E-state index in [-0.39, 0.29) is 17.7 Å². The molecule has 0 bridgehead atoms. The van der Waals surface area contributed by atoms with E-state index in [1.807, 2.05) is 32.0 Å². The zero-order valence-electron chi connectivity index (χ0n) is 12.5. The topological polar surface area (TPSA) is 55.6 Å². The van der Waals surface area contributed by atoms with Crippen LogP contribution in [0.5, 0.6) is 5.75 Å². The Labute approximate surface area is 129 Å². The van der Waals surface area contributed by atoms with E-state index in [1.54, 1.807) is 19.1 Å². The molecule has 0 aliphatic rings. The summed E-state index contributed by atoms with van der Waals surface area (Å²) in [6.45, 7) is 4.91. The number of amides is 1. The van der Waals surface area contributed by atoms with Gasteiger partial charge in [0, 0.05) is 30.2 Å². The minimum atomic E-state index is -0.141. The normalized spacial score (nSPS) is 12.3. The van der Waals surface area contributed by atoms with Crippen LogP contribution in [0.25, 0.3) is 0 Å². The van der Waals surface area contributed by atoms with Crippen LogP contribution in [0.15, 0.2) is 22.7 Å². The Morgan fingerprint density at radius 1 is 1.45 bits per heavy atom. The number of hydrogen-bond donors (Lipinski definition) is 1. The molecule has 1 atom stereocenters. The number of ether oxygens (including phenoxy) is 1. The predicted molar refractivity (Wildman–Crippen MR) is 84.6 cm³/mol. The van der Waals surface area contributed by atoms with Gasteiger partial charge >= 0.3 is 0 Å². The molecule has 0 spiro atoms. The number of benzene rings is 1. The number of nitrogens with zero attached hydrogens (tertiary/aromatic N) is 1. The fraction of sp³-hybridized carbons (Fsp3) is 0.533. The maximum absolute atomic E-state index is 12.4. The van der Waals surface area contributed by atoms with Crippen LogP contribution in [0.4, 0.5) is 0 Å². The number of carbonyl (C=O) groups is 1. The van der Waals surface area contributed by atoms with E-state index in [1.165, 1.54) is 0 Å². The molecule has 0 fully saturated rings. The highest BCUT2D eigenvalue weighted by molar-refractivity contribution is 9.10. The van der Waals surface area contributed by atoms with Crippen LogP contribution in [-0.4, -0.2) is 31.5 Å². The van der Waals surface area contributed by atoms with Crippen molar-refractivity contribution in [2.45, 2.75) is 20.4 Å². The Morgan fingerprint density at radius 3 is 2.60 bits per heavy atom. The first-order valence-corrected chi connectivity index (χ1v) is 7.47. The Bertz CT molecular complexity index is 463. The quantitative estimate of drug-likeness (QED) is 0.864. The first kappa shape index (κ1) is 17.0. The Balaban J connectivity index is 2.87. The molecule has 112 valence electrons. The van der Waals surface area contributed by atoms with E-state index >= 15 is 0 Å². The smallest absolute Gasteiger partial charge is 0.227 e. The molecule has 0 saturated heterocycles. The summed E-state index contributed by atoms with van der Waals surface area (Å²) in [6.07, 6.45) is 0. The minimum Gasteiger partial charge on any atom is -0.496 e. The highest BCUT2D eigenvalue weighted by Crippen LogP contribution is 2.25. The molecule has 1 rings (SSSR count). The largest absolute Gasteiger partial charge is 0.496 e. The van der Waals surface area contributed by atoms with Crippen molar-refractivity contribution in [2.75, 3.05) is 20.7 Å². The molecule has 0 aromatic heterocycles. The van der Waals surface area contributed by atoms with Crippen LogP contribution in [-0.2, 0) is 11.3 Å². The van der Waals surface area contributed by atoms with Gasteiger partial charge in [-0.15, -0.1) is 0 Å². The minimum absolute atomic E-state index is 0.0736. The molecule has 0 saturated carbocycles. The van der Waals surface area contributed by atoms with Gasteiger partial charge in [-0.25, -0.2) is 0 Å². The van der Waals surface area contributed by atoms with E-state index < -0.39 is 0 Å². The van der Waals surface area contributed by atoms with E-state index in [2.05, 4.69) is 15.9 Å². The van der Waals surface area contributed by atoms with Crippen molar-refractivity contribution in [3.63, 3.8) is 0 Å². The summed E-state index contributed by atoms with van der Waals surface area (Å²) in [5.74, 6) is 0.948.